The summed E-state index contributed by atoms with van der Waals surface area (Å²) in [6.07, 6.45) is 0.688. The molecular weight excluding hydrogens is 274 g/mol. The van der Waals surface area contributed by atoms with Gasteiger partial charge in [-0.2, -0.15) is 0 Å². The molecule has 6 nitrogen and oxygen atoms in total. The number of halogens is 2. The number of aliphatic hydroxyl groups is 1. The number of ether oxygens (including phenoxy) is 1. The SMILES string of the molecule is O=[N+]([O-])c1ccc(F)c(F)c1NC1(CO)CCOCC1. The van der Waals surface area contributed by atoms with Crippen molar-refractivity contribution in [2.75, 3.05) is 25.1 Å². The molecule has 0 unspecified atom stereocenters. The zero-order valence-electron chi connectivity index (χ0n) is 10.6. The second kappa shape index (κ2) is 5.68. The summed E-state index contributed by atoms with van der Waals surface area (Å²) in [5, 5.41) is 23.0. The van der Waals surface area contributed by atoms with Crippen LogP contribution in [0.15, 0.2) is 12.1 Å². The Kier molecular flexibility index (Phi) is 4.15. The summed E-state index contributed by atoms with van der Waals surface area (Å²) in [6.45, 7) is 0.306. The maximum absolute atomic E-state index is 13.8. The summed E-state index contributed by atoms with van der Waals surface area (Å²) in [6, 6.07) is 1.60. The van der Waals surface area contributed by atoms with E-state index in [0.29, 0.717) is 32.1 Å². The fourth-order valence-electron chi connectivity index (χ4n) is 2.16. The van der Waals surface area contributed by atoms with Crippen LogP contribution in [-0.4, -0.2) is 35.4 Å². The number of nitro groups is 1. The highest BCUT2D eigenvalue weighted by molar-refractivity contribution is 5.63. The summed E-state index contributed by atoms with van der Waals surface area (Å²) < 4.78 is 32.3. The van der Waals surface area contributed by atoms with Gasteiger partial charge < -0.3 is 15.2 Å². The first-order chi connectivity index (χ1) is 9.49. The number of rotatable bonds is 4. The molecule has 2 N–H and O–H groups in total. The van der Waals surface area contributed by atoms with Crippen LogP contribution in [0.1, 0.15) is 12.8 Å². The van der Waals surface area contributed by atoms with Gasteiger partial charge in [-0.25, -0.2) is 8.78 Å². The first-order valence-corrected chi connectivity index (χ1v) is 6.08. The summed E-state index contributed by atoms with van der Waals surface area (Å²) in [7, 11) is 0. The number of aliphatic hydroxyl groups excluding tert-OH is 1. The fraction of sp³-hybridized carbons (Fsp3) is 0.500. The van der Waals surface area contributed by atoms with Crippen molar-refractivity contribution < 1.29 is 23.5 Å². The maximum atomic E-state index is 13.8. The summed E-state index contributed by atoms with van der Waals surface area (Å²) in [5.41, 5.74) is -2.05. The van der Waals surface area contributed by atoms with Gasteiger partial charge in [-0.15, -0.1) is 0 Å². The molecule has 0 radical (unpaired) electrons. The van der Waals surface area contributed by atoms with Crippen LogP contribution < -0.4 is 5.32 Å². The molecule has 1 fully saturated rings. The van der Waals surface area contributed by atoms with E-state index in [-0.39, 0.29) is 6.61 Å². The highest BCUT2D eigenvalue weighted by atomic mass is 19.2. The Labute approximate surface area is 113 Å². The van der Waals surface area contributed by atoms with Gasteiger partial charge >= 0.3 is 0 Å². The Bertz CT molecular complexity index is 518. The number of nitro benzene ring substituents is 1. The Morgan fingerprint density at radius 1 is 1.40 bits per heavy atom. The van der Waals surface area contributed by atoms with Crippen LogP contribution in [0.25, 0.3) is 0 Å². The van der Waals surface area contributed by atoms with E-state index >= 15 is 0 Å². The monoisotopic (exact) mass is 288 g/mol. The summed E-state index contributed by atoms with van der Waals surface area (Å²) in [5.74, 6) is -2.50. The third-order valence-electron chi connectivity index (χ3n) is 3.41. The Hall–Kier alpha value is -1.80. The molecule has 0 amide bonds. The highest BCUT2D eigenvalue weighted by Gasteiger charge is 2.35. The minimum atomic E-state index is -1.32. The van der Waals surface area contributed by atoms with Gasteiger partial charge in [-0.3, -0.25) is 10.1 Å². The molecule has 110 valence electrons. The van der Waals surface area contributed by atoms with Gasteiger partial charge in [0.25, 0.3) is 5.69 Å². The highest BCUT2D eigenvalue weighted by Crippen LogP contribution is 2.34. The van der Waals surface area contributed by atoms with Gasteiger partial charge in [0.05, 0.1) is 17.1 Å². The van der Waals surface area contributed by atoms with Gasteiger partial charge in [-0.05, 0) is 18.9 Å². The zero-order chi connectivity index (χ0) is 14.8. The lowest BCUT2D eigenvalue weighted by molar-refractivity contribution is -0.384. The van der Waals surface area contributed by atoms with E-state index in [2.05, 4.69) is 5.32 Å². The second-order valence-corrected chi connectivity index (χ2v) is 4.69. The number of benzene rings is 1. The topological polar surface area (TPSA) is 84.6 Å². The van der Waals surface area contributed by atoms with Gasteiger partial charge in [-0.1, -0.05) is 0 Å². The molecular formula is C12H14F2N2O4. The molecule has 0 saturated carbocycles. The van der Waals surface area contributed by atoms with Gasteiger partial charge in [0, 0.05) is 19.3 Å². The standard InChI is InChI=1S/C12H14F2N2O4/c13-8-1-2-9(16(18)19)11(10(8)14)15-12(7-17)3-5-20-6-4-12/h1-2,15,17H,3-7H2. The Morgan fingerprint density at radius 3 is 2.60 bits per heavy atom. The largest absolute Gasteiger partial charge is 0.394 e. The number of nitrogens with one attached hydrogen (secondary N) is 1. The van der Waals surface area contributed by atoms with Crippen LogP contribution >= 0.6 is 0 Å². The van der Waals surface area contributed by atoms with Crippen LogP contribution in [0.3, 0.4) is 0 Å². The normalized spacial score (nSPS) is 17.8. The number of hydrogen-bond donors (Lipinski definition) is 2. The lowest BCUT2D eigenvalue weighted by atomic mass is 9.90. The summed E-state index contributed by atoms with van der Waals surface area (Å²) in [4.78, 5) is 10.1. The molecule has 20 heavy (non-hydrogen) atoms. The van der Waals surface area contributed by atoms with Crippen molar-refractivity contribution in [1.29, 1.82) is 0 Å². The molecule has 0 atom stereocenters. The van der Waals surface area contributed by atoms with Crippen LogP contribution in [0, 0.1) is 21.7 Å². The minimum Gasteiger partial charge on any atom is -0.394 e. The number of anilines is 1. The fourth-order valence-corrected chi connectivity index (χ4v) is 2.16. The molecule has 1 heterocycles. The minimum absolute atomic E-state index is 0.332. The first-order valence-electron chi connectivity index (χ1n) is 6.08. The molecule has 1 aromatic carbocycles. The average molecular weight is 288 g/mol. The molecule has 8 heteroatoms. The van der Waals surface area contributed by atoms with Crippen molar-refractivity contribution in [3.05, 3.63) is 33.9 Å². The van der Waals surface area contributed by atoms with E-state index in [0.717, 1.165) is 6.07 Å². The lowest BCUT2D eigenvalue weighted by Gasteiger charge is -2.37. The van der Waals surface area contributed by atoms with E-state index in [4.69, 9.17) is 4.74 Å². The first kappa shape index (κ1) is 14.6. The average Bonchev–Trinajstić information content (AvgIpc) is 2.45. The van der Waals surface area contributed by atoms with Crippen molar-refractivity contribution >= 4 is 11.4 Å². The quantitative estimate of drug-likeness (QED) is 0.652. The van der Waals surface area contributed by atoms with Crippen LogP contribution in [-0.2, 0) is 4.74 Å². The van der Waals surface area contributed by atoms with Crippen molar-refractivity contribution in [2.24, 2.45) is 0 Å². The molecule has 0 aliphatic carbocycles. The van der Waals surface area contributed by atoms with Crippen LogP contribution in [0.4, 0.5) is 20.2 Å². The van der Waals surface area contributed by atoms with Crippen molar-refractivity contribution in [2.45, 2.75) is 18.4 Å². The van der Waals surface area contributed by atoms with Crippen LogP contribution in [0.2, 0.25) is 0 Å². The maximum Gasteiger partial charge on any atom is 0.295 e. The summed E-state index contributed by atoms with van der Waals surface area (Å²) >= 11 is 0. The predicted molar refractivity (Wildman–Crippen MR) is 66.5 cm³/mol. The zero-order valence-corrected chi connectivity index (χ0v) is 10.6. The second-order valence-electron chi connectivity index (χ2n) is 4.69. The Balaban J connectivity index is 2.40. The lowest BCUT2D eigenvalue weighted by Crippen LogP contribution is -2.47. The molecule has 2 rings (SSSR count). The third kappa shape index (κ3) is 2.70. The van der Waals surface area contributed by atoms with Crippen molar-refractivity contribution in [3.63, 3.8) is 0 Å². The number of nitrogens with zero attached hydrogens (tertiary/aromatic N) is 1. The van der Waals surface area contributed by atoms with Gasteiger partial charge in [0.2, 0.25) is 0 Å². The molecule has 0 spiro atoms. The molecule has 0 aromatic heterocycles. The van der Waals surface area contributed by atoms with E-state index in [1.807, 2.05) is 0 Å². The molecule has 1 aliphatic rings. The third-order valence-corrected chi connectivity index (χ3v) is 3.41. The van der Waals surface area contributed by atoms with E-state index < -0.39 is 33.5 Å². The molecule has 1 aromatic rings. The number of hydrogen-bond acceptors (Lipinski definition) is 5. The smallest absolute Gasteiger partial charge is 0.295 e. The van der Waals surface area contributed by atoms with Crippen LogP contribution in [0.5, 0.6) is 0 Å². The van der Waals surface area contributed by atoms with Crippen molar-refractivity contribution in [3.8, 4) is 0 Å². The van der Waals surface area contributed by atoms with E-state index in [1.54, 1.807) is 0 Å². The molecule has 1 aliphatic heterocycles. The van der Waals surface area contributed by atoms with E-state index in [1.165, 1.54) is 0 Å². The van der Waals surface area contributed by atoms with Gasteiger partial charge in [0.15, 0.2) is 17.3 Å². The van der Waals surface area contributed by atoms with Crippen molar-refractivity contribution in [1.82, 2.24) is 0 Å². The predicted octanol–water partition coefficient (Wildman–Crippen LogP) is 1.83. The van der Waals surface area contributed by atoms with Gasteiger partial charge in [0.1, 0.15) is 0 Å². The van der Waals surface area contributed by atoms with E-state index in [9.17, 15) is 24.0 Å². The molecule has 0 bridgehead atoms. The molecule has 1 saturated heterocycles. The Morgan fingerprint density at radius 2 is 2.05 bits per heavy atom.